The Morgan fingerprint density at radius 2 is 1.82 bits per heavy atom. The molecule has 0 aromatic heterocycles. The van der Waals surface area contributed by atoms with Crippen LogP contribution in [0.5, 0.6) is 11.5 Å². The van der Waals surface area contributed by atoms with E-state index in [1.54, 1.807) is 7.11 Å². The van der Waals surface area contributed by atoms with Gasteiger partial charge in [-0.2, -0.15) is 0 Å². The van der Waals surface area contributed by atoms with Gasteiger partial charge in [-0.05, 0) is 37.6 Å². The summed E-state index contributed by atoms with van der Waals surface area (Å²) >= 11 is 0. The molecule has 0 heterocycles. The van der Waals surface area contributed by atoms with Crippen LogP contribution in [0.15, 0.2) is 48.5 Å². The summed E-state index contributed by atoms with van der Waals surface area (Å²) in [5, 5.41) is 2.85. The van der Waals surface area contributed by atoms with Gasteiger partial charge in [0.2, 0.25) is 5.91 Å². The van der Waals surface area contributed by atoms with Crippen molar-refractivity contribution in [2.24, 2.45) is 0 Å². The molecule has 0 saturated carbocycles. The Morgan fingerprint density at radius 1 is 1.09 bits per heavy atom. The Labute approximate surface area is 131 Å². The zero-order chi connectivity index (χ0) is 15.8. The van der Waals surface area contributed by atoms with Crippen LogP contribution in [0.25, 0.3) is 0 Å². The Morgan fingerprint density at radius 3 is 2.55 bits per heavy atom. The average Bonchev–Trinajstić information content (AvgIpc) is 2.54. The molecular formula is C18H21NO3. The van der Waals surface area contributed by atoms with E-state index in [9.17, 15) is 4.79 Å². The van der Waals surface area contributed by atoms with Crippen LogP contribution in [0.2, 0.25) is 0 Å². The first-order valence-electron chi connectivity index (χ1n) is 7.31. The number of nitrogens with one attached hydrogen (secondary N) is 1. The van der Waals surface area contributed by atoms with Crippen molar-refractivity contribution in [3.63, 3.8) is 0 Å². The van der Waals surface area contributed by atoms with Crippen molar-refractivity contribution < 1.29 is 14.3 Å². The van der Waals surface area contributed by atoms with Gasteiger partial charge >= 0.3 is 0 Å². The van der Waals surface area contributed by atoms with Crippen LogP contribution in [0, 0.1) is 6.92 Å². The monoisotopic (exact) mass is 299 g/mol. The SMILES string of the molecule is COc1ccccc1NC(=O)CCCOc1ccc(C)cc1. The molecule has 0 bridgehead atoms. The summed E-state index contributed by atoms with van der Waals surface area (Å²) in [7, 11) is 1.58. The quantitative estimate of drug-likeness (QED) is 0.791. The van der Waals surface area contributed by atoms with E-state index in [2.05, 4.69) is 5.32 Å². The number of ether oxygens (including phenoxy) is 2. The van der Waals surface area contributed by atoms with Crippen molar-refractivity contribution in [2.45, 2.75) is 19.8 Å². The van der Waals surface area contributed by atoms with E-state index in [1.807, 2.05) is 55.5 Å². The fourth-order valence-corrected chi connectivity index (χ4v) is 2.02. The maximum Gasteiger partial charge on any atom is 0.224 e. The second-order valence-corrected chi connectivity index (χ2v) is 5.01. The Kier molecular flexibility index (Phi) is 5.83. The summed E-state index contributed by atoms with van der Waals surface area (Å²) < 4.78 is 10.8. The largest absolute Gasteiger partial charge is 0.495 e. The molecule has 2 aromatic carbocycles. The van der Waals surface area contributed by atoms with Crippen LogP contribution in [0.3, 0.4) is 0 Å². The number of aryl methyl sites for hydroxylation is 1. The highest BCUT2D eigenvalue weighted by atomic mass is 16.5. The number of benzene rings is 2. The van der Waals surface area contributed by atoms with Crippen LogP contribution in [-0.4, -0.2) is 19.6 Å². The van der Waals surface area contributed by atoms with Gasteiger partial charge in [0.15, 0.2) is 0 Å². The second kappa shape index (κ2) is 8.08. The van der Waals surface area contributed by atoms with Crippen molar-refractivity contribution in [1.82, 2.24) is 0 Å². The fraction of sp³-hybridized carbons (Fsp3) is 0.278. The molecule has 4 nitrogen and oxygen atoms in total. The maximum absolute atomic E-state index is 11.9. The molecule has 0 saturated heterocycles. The highest BCUT2D eigenvalue weighted by Gasteiger charge is 2.06. The van der Waals surface area contributed by atoms with Crippen LogP contribution in [0.4, 0.5) is 5.69 Å². The third-order valence-corrected chi connectivity index (χ3v) is 3.22. The predicted octanol–water partition coefficient (Wildman–Crippen LogP) is 3.80. The number of hydrogen-bond donors (Lipinski definition) is 1. The lowest BCUT2D eigenvalue weighted by Crippen LogP contribution is -2.13. The van der Waals surface area contributed by atoms with Crippen LogP contribution in [0.1, 0.15) is 18.4 Å². The normalized spacial score (nSPS) is 10.1. The van der Waals surface area contributed by atoms with Crippen molar-refractivity contribution >= 4 is 11.6 Å². The van der Waals surface area contributed by atoms with Gasteiger partial charge in [0.25, 0.3) is 0 Å². The van der Waals surface area contributed by atoms with Crippen LogP contribution < -0.4 is 14.8 Å². The topological polar surface area (TPSA) is 47.6 Å². The molecule has 2 rings (SSSR count). The molecule has 0 atom stereocenters. The van der Waals surface area contributed by atoms with Gasteiger partial charge < -0.3 is 14.8 Å². The van der Waals surface area contributed by atoms with Crippen molar-refractivity contribution in [1.29, 1.82) is 0 Å². The maximum atomic E-state index is 11.9. The lowest BCUT2D eigenvalue weighted by molar-refractivity contribution is -0.116. The molecule has 0 aliphatic rings. The Balaban J connectivity index is 1.72. The highest BCUT2D eigenvalue weighted by molar-refractivity contribution is 5.92. The van der Waals surface area contributed by atoms with Gasteiger partial charge in [-0.25, -0.2) is 0 Å². The number of carbonyl (C=O) groups is 1. The first kappa shape index (κ1) is 15.9. The molecule has 0 fully saturated rings. The number of rotatable bonds is 7. The fourth-order valence-electron chi connectivity index (χ4n) is 2.02. The summed E-state index contributed by atoms with van der Waals surface area (Å²) in [4.78, 5) is 11.9. The standard InChI is InChI=1S/C18H21NO3/c1-14-9-11-15(12-10-14)22-13-5-8-18(20)19-16-6-3-4-7-17(16)21-2/h3-4,6-7,9-12H,5,8,13H2,1-2H3,(H,19,20). The molecule has 0 spiro atoms. The zero-order valence-electron chi connectivity index (χ0n) is 13.0. The van der Waals surface area contributed by atoms with Crippen molar-refractivity contribution in [3.05, 3.63) is 54.1 Å². The lowest BCUT2D eigenvalue weighted by atomic mass is 10.2. The van der Waals surface area contributed by atoms with Crippen LogP contribution >= 0.6 is 0 Å². The highest BCUT2D eigenvalue weighted by Crippen LogP contribution is 2.23. The number of hydrogen-bond acceptors (Lipinski definition) is 3. The molecule has 4 heteroatoms. The molecule has 22 heavy (non-hydrogen) atoms. The van der Waals surface area contributed by atoms with Gasteiger partial charge in [-0.15, -0.1) is 0 Å². The molecule has 116 valence electrons. The van der Waals surface area contributed by atoms with Gasteiger partial charge in [0.1, 0.15) is 11.5 Å². The van der Waals surface area contributed by atoms with E-state index in [0.717, 1.165) is 5.75 Å². The first-order chi connectivity index (χ1) is 10.7. The predicted molar refractivity (Wildman–Crippen MR) is 87.5 cm³/mol. The summed E-state index contributed by atoms with van der Waals surface area (Å²) in [5.41, 5.74) is 1.89. The Hall–Kier alpha value is -2.49. The minimum atomic E-state index is -0.0444. The number of carbonyl (C=O) groups excluding carboxylic acids is 1. The van der Waals surface area contributed by atoms with E-state index in [4.69, 9.17) is 9.47 Å². The summed E-state index contributed by atoms with van der Waals surface area (Å²) in [6, 6.07) is 15.2. The Bertz CT molecular complexity index is 608. The van der Waals surface area contributed by atoms with Gasteiger partial charge in [-0.3, -0.25) is 4.79 Å². The van der Waals surface area contributed by atoms with E-state index >= 15 is 0 Å². The van der Waals surface area contributed by atoms with Crippen molar-refractivity contribution in [2.75, 3.05) is 19.0 Å². The summed E-state index contributed by atoms with van der Waals surface area (Å²) in [6.07, 6.45) is 1.07. The van der Waals surface area contributed by atoms with E-state index in [-0.39, 0.29) is 5.91 Å². The third-order valence-electron chi connectivity index (χ3n) is 3.22. The molecule has 1 N–H and O–H groups in total. The minimum Gasteiger partial charge on any atom is -0.495 e. The van der Waals surface area contributed by atoms with Crippen molar-refractivity contribution in [3.8, 4) is 11.5 Å². The number of amides is 1. The van der Waals surface area contributed by atoms with E-state index < -0.39 is 0 Å². The molecule has 1 amide bonds. The molecule has 0 aliphatic heterocycles. The molecule has 0 unspecified atom stereocenters. The third kappa shape index (κ3) is 4.81. The minimum absolute atomic E-state index is 0.0444. The number of para-hydroxylation sites is 2. The zero-order valence-corrected chi connectivity index (χ0v) is 13.0. The van der Waals surface area contributed by atoms with E-state index in [1.165, 1.54) is 5.56 Å². The lowest BCUT2D eigenvalue weighted by Gasteiger charge is -2.10. The first-order valence-corrected chi connectivity index (χ1v) is 7.31. The molecule has 0 radical (unpaired) electrons. The molecule has 2 aromatic rings. The number of methoxy groups -OCH3 is 1. The molecule has 0 aliphatic carbocycles. The summed E-state index contributed by atoms with van der Waals surface area (Å²) in [6.45, 7) is 2.55. The number of anilines is 1. The second-order valence-electron chi connectivity index (χ2n) is 5.01. The average molecular weight is 299 g/mol. The van der Waals surface area contributed by atoms with Gasteiger partial charge in [0.05, 0.1) is 19.4 Å². The van der Waals surface area contributed by atoms with Gasteiger partial charge in [-0.1, -0.05) is 29.8 Å². The summed E-state index contributed by atoms with van der Waals surface area (Å²) in [5.74, 6) is 1.44. The molecular weight excluding hydrogens is 278 g/mol. The van der Waals surface area contributed by atoms with Crippen LogP contribution in [-0.2, 0) is 4.79 Å². The van der Waals surface area contributed by atoms with E-state index in [0.29, 0.717) is 30.9 Å². The van der Waals surface area contributed by atoms with Gasteiger partial charge in [0, 0.05) is 6.42 Å². The smallest absolute Gasteiger partial charge is 0.224 e.